The predicted octanol–water partition coefficient (Wildman–Crippen LogP) is 4.41. The molecule has 2 unspecified atom stereocenters. The van der Waals surface area contributed by atoms with Crippen LogP contribution in [0.4, 0.5) is 0 Å². The van der Waals surface area contributed by atoms with Gasteiger partial charge in [-0.25, -0.2) is 0 Å². The van der Waals surface area contributed by atoms with Crippen molar-refractivity contribution in [3.8, 4) is 5.75 Å². The fraction of sp³-hybridized carbons (Fsp3) is 0.667. The molecule has 1 spiro atoms. The Kier molecular flexibility index (Phi) is 4.24. The Hall–Kier alpha value is -0.670. The molecule has 1 fully saturated rings. The first-order chi connectivity index (χ1) is 10.0. The van der Waals surface area contributed by atoms with Gasteiger partial charge in [0.05, 0.1) is 0 Å². The lowest BCUT2D eigenvalue weighted by atomic mass is 9.76. The van der Waals surface area contributed by atoms with Crippen LogP contribution in [0.3, 0.4) is 0 Å². The van der Waals surface area contributed by atoms with Gasteiger partial charge in [0.1, 0.15) is 11.4 Å². The number of fused-ring (bicyclic) bond motifs is 1. The zero-order chi connectivity index (χ0) is 14.9. The van der Waals surface area contributed by atoms with E-state index in [9.17, 15) is 0 Å². The normalized spacial score (nSPS) is 30.7. The molecule has 1 aromatic carbocycles. The Labute approximate surface area is 133 Å². The molecule has 1 N–H and O–H groups in total. The van der Waals surface area contributed by atoms with Crippen molar-refractivity contribution >= 4 is 11.8 Å². The number of nitrogens with one attached hydrogen (secondary N) is 1. The van der Waals surface area contributed by atoms with Crippen molar-refractivity contribution in [3.05, 3.63) is 29.8 Å². The maximum atomic E-state index is 6.55. The molecule has 2 aliphatic rings. The fourth-order valence-electron chi connectivity index (χ4n) is 3.80. The molecule has 3 rings (SSSR count). The first-order valence-electron chi connectivity index (χ1n) is 8.13. The molecule has 0 aromatic heterocycles. The van der Waals surface area contributed by atoms with Crippen LogP contribution in [0.5, 0.6) is 5.75 Å². The highest BCUT2D eigenvalue weighted by Gasteiger charge is 2.46. The van der Waals surface area contributed by atoms with Crippen molar-refractivity contribution in [2.24, 2.45) is 5.41 Å². The lowest BCUT2D eigenvalue weighted by molar-refractivity contribution is 0.0120. The summed E-state index contributed by atoms with van der Waals surface area (Å²) in [7, 11) is 0. The van der Waals surface area contributed by atoms with E-state index in [1.165, 1.54) is 17.7 Å². The molecule has 1 aromatic rings. The molecule has 2 nitrogen and oxygen atoms in total. The quantitative estimate of drug-likeness (QED) is 0.893. The van der Waals surface area contributed by atoms with Gasteiger partial charge in [-0.15, -0.1) is 0 Å². The smallest absolute Gasteiger partial charge is 0.124 e. The van der Waals surface area contributed by atoms with E-state index in [0.29, 0.717) is 11.5 Å². The monoisotopic (exact) mass is 305 g/mol. The number of para-hydroxylation sites is 1. The second kappa shape index (κ2) is 5.85. The third-order valence-corrected chi connectivity index (χ3v) is 6.21. The van der Waals surface area contributed by atoms with Crippen molar-refractivity contribution in [1.29, 1.82) is 0 Å². The topological polar surface area (TPSA) is 21.3 Å². The van der Waals surface area contributed by atoms with Crippen LogP contribution in [0.1, 0.15) is 51.6 Å². The number of hydrogen-bond acceptors (Lipinski definition) is 3. The van der Waals surface area contributed by atoms with E-state index in [-0.39, 0.29) is 5.60 Å². The molecule has 0 radical (unpaired) electrons. The lowest BCUT2D eigenvalue weighted by Crippen LogP contribution is -2.51. The van der Waals surface area contributed by atoms with Gasteiger partial charge < -0.3 is 10.1 Å². The summed E-state index contributed by atoms with van der Waals surface area (Å²) in [5.41, 5.74) is 1.71. The highest BCUT2D eigenvalue weighted by molar-refractivity contribution is 7.99. The van der Waals surface area contributed by atoms with E-state index in [4.69, 9.17) is 4.74 Å². The Balaban J connectivity index is 1.89. The molecule has 0 saturated carbocycles. The van der Waals surface area contributed by atoms with Crippen molar-refractivity contribution in [3.63, 3.8) is 0 Å². The van der Waals surface area contributed by atoms with Gasteiger partial charge >= 0.3 is 0 Å². The van der Waals surface area contributed by atoms with E-state index in [2.05, 4.69) is 62.1 Å². The molecule has 0 bridgehead atoms. The molecule has 2 heterocycles. The maximum absolute atomic E-state index is 6.55. The molecule has 2 aliphatic heterocycles. The summed E-state index contributed by atoms with van der Waals surface area (Å²) in [6.07, 6.45) is 3.43. The number of benzene rings is 1. The Morgan fingerprint density at radius 3 is 2.86 bits per heavy atom. The lowest BCUT2D eigenvalue weighted by Gasteiger charge is -2.49. The minimum Gasteiger partial charge on any atom is -0.486 e. The van der Waals surface area contributed by atoms with Crippen molar-refractivity contribution < 1.29 is 4.74 Å². The molecular weight excluding hydrogens is 278 g/mol. The molecule has 2 atom stereocenters. The van der Waals surface area contributed by atoms with E-state index in [1.807, 2.05) is 0 Å². The number of ether oxygens (including phenoxy) is 1. The summed E-state index contributed by atoms with van der Waals surface area (Å²) in [6, 6.07) is 9.01. The SMILES string of the molecule is CCCNC1CC2(CSCC(C)(C)C2)Oc2ccccc21. The minimum atomic E-state index is 0.00613. The molecule has 0 aliphatic carbocycles. The zero-order valence-corrected chi connectivity index (χ0v) is 14.3. The van der Waals surface area contributed by atoms with E-state index in [1.54, 1.807) is 0 Å². The fourth-order valence-corrected chi connectivity index (χ4v) is 5.21. The summed E-state index contributed by atoms with van der Waals surface area (Å²) in [5.74, 6) is 3.46. The highest BCUT2D eigenvalue weighted by atomic mass is 32.2. The van der Waals surface area contributed by atoms with E-state index < -0.39 is 0 Å². The molecule has 1 saturated heterocycles. The van der Waals surface area contributed by atoms with Gasteiger partial charge in [-0.05, 0) is 36.6 Å². The van der Waals surface area contributed by atoms with E-state index in [0.717, 1.165) is 30.9 Å². The summed E-state index contributed by atoms with van der Waals surface area (Å²) in [6.45, 7) is 8.05. The maximum Gasteiger partial charge on any atom is 0.124 e. The van der Waals surface area contributed by atoms with Crippen LogP contribution >= 0.6 is 11.8 Å². The van der Waals surface area contributed by atoms with Crippen LogP contribution in [0.2, 0.25) is 0 Å². The minimum absolute atomic E-state index is 0.00613. The van der Waals surface area contributed by atoms with Crippen LogP contribution in [0, 0.1) is 5.41 Å². The van der Waals surface area contributed by atoms with Crippen LogP contribution in [0.25, 0.3) is 0 Å². The van der Waals surface area contributed by atoms with Gasteiger partial charge in [-0.1, -0.05) is 39.0 Å². The van der Waals surface area contributed by atoms with Crippen molar-refractivity contribution in [2.75, 3.05) is 18.1 Å². The highest BCUT2D eigenvalue weighted by Crippen LogP contribution is 2.49. The molecule has 116 valence electrons. The average molecular weight is 305 g/mol. The van der Waals surface area contributed by atoms with Gasteiger partial charge in [0.2, 0.25) is 0 Å². The van der Waals surface area contributed by atoms with Crippen LogP contribution in [-0.4, -0.2) is 23.7 Å². The number of rotatable bonds is 3. The second-order valence-electron chi connectivity index (χ2n) is 7.37. The van der Waals surface area contributed by atoms with Crippen molar-refractivity contribution in [1.82, 2.24) is 5.32 Å². The molecule has 21 heavy (non-hydrogen) atoms. The average Bonchev–Trinajstić information content (AvgIpc) is 2.43. The third-order valence-electron chi connectivity index (χ3n) is 4.50. The van der Waals surface area contributed by atoms with Gasteiger partial charge in [-0.2, -0.15) is 11.8 Å². The standard InChI is InChI=1S/C18H27NOS/c1-4-9-19-15-10-18(11-17(2,3)12-21-13-18)20-16-8-6-5-7-14(15)16/h5-8,15,19H,4,9-13H2,1-3H3. The van der Waals surface area contributed by atoms with Crippen LogP contribution in [0.15, 0.2) is 24.3 Å². The first-order valence-corrected chi connectivity index (χ1v) is 9.28. The first kappa shape index (κ1) is 15.2. The van der Waals surface area contributed by atoms with Gasteiger partial charge in [0.15, 0.2) is 0 Å². The zero-order valence-electron chi connectivity index (χ0n) is 13.4. The van der Waals surface area contributed by atoms with Crippen LogP contribution < -0.4 is 10.1 Å². The second-order valence-corrected chi connectivity index (χ2v) is 8.35. The Morgan fingerprint density at radius 2 is 2.10 bits per heavy atom. The molecular formula is C18H27NOS. The summed E-state index contributed by atoms with van der Waals surface area (Å²) < 4.78 is 6.55. The van der Waals surface area contributed by atoms with E-state index >= 15 is 0 Å². The largest absolute Gasteiger partial charge is 0.486 e. The number of hydrogen-bond donors (Lipinski definition) is 1. The third kappa shape index (κ3) is 3.24. The molecule has 0 amide bonds. The summed E-state index contributed by atoms with van der Waals surface area (Å²) >= 11 is 2.05. The van der Waals surface area contributed by atoms with Crippen LogP contribution in [-0.2, 0) is 0 Å². The van der Waals surface area contributed by atoms with Crippen molar-refractivity contribution in [2.45, 2.75) is 51.7 Å². The molecule has 3 heteroatoms. The summed E-state index contributed by atoms with van der Waals surface area (Å²) in [5, 5.41) is 3.74. The van der Waals surface area contributed by atoms with Gasteiger partial charge in [0, 0.05) is 23.8 Å². The van der Waals surface area contributed by atoms with Gasteiger partial charge in [0.25, 0.3) is 0 Å². The predicted molar refractivity (Wildman–Crippen MR) is 91.2 cm³/mol. The summed E-state index contributed by atoms with van der Waals surface area (Å²) in [4.78, 5) is 0. The Morgan fingerprint density at radius 1 is 1.29 bits per heavy atom. The van der Waals surface area contributed by atoms with Gasteiger partial charge in [-0.3, -0.25) is 0 Å². The number of thioether (sulfide) groups is 1. The Bertz CT molecular complexity index is 502.